The van der Waals surface area contributed by atoms with Gasteiger partial charge in [-0.3, -0.25) is 9.35 Å². The van der Waals surface area contributed by atoms with Crippen molar-refractivity contribution in [3.05, 3.63) is 36.0 Å². The zero-order chi connectivity index (χ0) is 17.0. The van der Waals surface area contributed by atoms with E-state index in [1.807, 2.05) is 20.8 Å². The van der Waals surface area contributed by atoms with Gasteiger partial charge in [0, 0.05) is 17.4 Å². The van der Waals surface area contributed by atoms with Crippen LogP contribution in [0.4, 0.5) is 5.69 Å². The summed E-state index contributed by atoms with van der Waals surface area (Å²) in [6.45, 7) is 5.64. The zero-order valence-corrected chi connectivity index (χ0v) is 13.2. The minimum absolute atomic E-state index is 0.117. The van der Waals surface area contributed by atoms with Crippen LogP contribution in [0, 0.1) is 11.3 Å². The van der Waals surface area contributed by atoms with Crippen molar-refractivity contribution in [2.24, 2.45) is 0 Å². The van der Waals surface area contributed by atoms with E-state index in [0.29, 0.717) is 5.69 Å². The fraction of sp³-hybridized carbons (Fsp3) is 0.286. The normalized spacial score (nSPS) is 12.4. The van der Waals surface area contributed by atoms with Crippen molar-refractivity contribution >= 4 is 21.7 Å². The highest BCUT2D eigenvalue weighted by Gasteiger charge is 2.13. The highest BCUT2D eigenvalue weighted by atomic mass is 32.2. The number of carbonyl (C=O) groups excluding carboxylic acids is 1. The molecule has 7 nitrogen and oxygen atoms in total. The summed E-state index contributed by atoms with van der Waals surface area (Å²) in [5, 5.41) is 14.4. The molecule has 0 saturated carbocycles. The molecule has 0 aliphatic heterocycles. The summed E-state index contributed by atoms with van der Waals surface area (Å²) in [5.41, 5.74) is -0.109. The fourth-order valence-corrected chi connectivity index (χ4v) is 1.83. The molecule has 0 atom stereocenters. The van der Waals surface area contributed by atoms with Gasteiger partial charge in [0.05, 0.1) is 4.90 Å². The Morgan fingerprint density at radius 3 is 2.23 bits per heavy atom. The van der Waals surface area contributed by atoms with E-state index in [2.05, 4.69) is 10.6 Å². The monoisotopic (exact) mass is 323 g/mol. The van der Waals surface area contributed by atoms with Crippen LogP contribution in [0.15, 0.2) is 40.9 Å². The SMILES string of the molecule is CC(C)(C)N/C=C(/C#N)C(=O)Nc1ccc(S(=O)(=O)O)cc1. The van der Waals surface area contributed by atoms with Crippen molar-refractivity contribution in [1.29, 1.82) is 5.26 Å². The van der Waals surface area contributed by atoms with E-state index in [0.717, 1.165) is 12.1 Å². The smallest absolute Gasteiger partial charge is 0.294 e. The van der Waals surface area contributed by atoms with Crippen molar-refractivity contribution in [1.82, 2.24) is 5.32 Å². The van der Waals surface area contributed by atoms with Crippen LogP contribution in [0.2, 0.25) is 0 Å². The lowest BCUT2D eigenvalue weighted by atomic mass is 10.1. The van der Waals surface area contributed by atoms with E-state index in [1.54, 1.807) is 6.07 Å². The number of benzene rings is 1. The Labute approximate surface area is 129 Å². The van der Waals surface area contributed by atoms with E-state index in [4.69, 9.17) is 9.81 Å². The average Bonchev–Trinajstić information content (AvgIpc) is 2.37. The lowest BCUT2D eigenvalue weighted by Crippen LogP contribution is -2.32. The molecular formula is C14H17N3O4S. The lowest BCUT2D eigenvalue weighted by molar-refractivity contribution is -0.112. The van der Waals surface area contributed by atoms with Gasteiger partial charge >= 0.3 is 0 Å². The topological polar surface area (TPSA) is 119 Å². The highest BCUT2D eigenvalue weighted by Crippen LogP contribution is 2.14. The van der Waals surface area contributed by atoms with Gasteiger partial charge in [0.2, 0.25) is 0 Å². The molecule has 0 heterocycles. The number of nitrogens with zero attached hydrogens (tertiary/aromatic N) is 1. The van der Waals surface area contributed by atoms with Gasteiger partial charge in [-0.05, 0) is 45.0 Å². The number of hydrogen-bond donors (Lipinski definition) is 3. The molecular weight excluding hydrogens is 306 g/mol. The van der Waals surface area contributed by atoms with Crippen molar-refractivity contribution in [2.45, 2.75) is 31.2 Å². The molecule has 1 amide bonds. The van der Waals surface area contributed by atoms with Crippen molar-refractivity contribution in [2.75, 3.05) is 5.32 Å². The Bertz CT molecular complexity index is 723. The number of nitrogens with one attached hydrogen (secondary N) is 2. The minimum atomic E-state index is -4.28. The molecule has 0 fully saturated rings. The summed E-state index contributed by atoms with van der Waals surface area (Å²) in [5.74, 6) is -0.626. The van der Waals surface area contributed by atoms with Gasteiger partial charge in [-0.15, -0.1) is 0 Å². The Hall–Kier alpha value is -2.37. The maximum absolute atomic E-state index is 11.9. The first-order valence-electron chi connectivity index (χ1n) is 6.30. The largest absolute Gasteiger partial charge is 0.385 e. The zero-order valence-electron chi connectivity index (χ0n) is 12.4. The van der Waals surface area contributed by atoms with Crippen LogP contribution >= 0.6 is 0 Å². The first-order valence-corrected chi connectivity index (χ1v) is 7.74. The summed E-state index contributed by atoms with van der Waals surface area (Å²) in [7, 11) is -4.28. The number of amides is 1. The molecule has 8 heteroatoms. The minimum Gasteiger partial charge on any atom is -0.385 e. The van der Waals surface area contributed by atoms with Crippen LogP contribution < -0.4 is 10.6 Å². The van der Waals surface area contributed by atoms with Gasteiger partial charge in [0.25, 0.3) is 16.0 Å². The van der Waals surface area contributed by atoms with Crippen LogP contribution in [0.25, 0.3) is 0 Å². The molecule has 0 unspecified atom stereocenters. The third kappa shape index (κ3) is 5.55. The van der Waals surface area contributed by atoms with Crippen LogP contribution in [0.3, 0.4) is 0 Å². The maximum Gasteiger partial charge on any atom is 0.294 e. The molecule has 0 aliphatic rings. The second kappa shape index (κ2) is 6.60. The van der Waals surface area contributed by atoms with Crippen LogP contribution in [0.1, 0.15) is 20.8 Å². The standard InChI is InChI=1S/C14H17N3O4S/c1-14(2,3)16-9-10(8-15)13(18)17-11-4-6-12(7-5-11)22(19,20)21/h4-7,9,16H,1-3H3,(H,17,18)(H,19,20,21)/b10-9-. The summed E-state index contributed by atoms with van der Waals surface area (Å²) < 4.78 is 30.7. The Morgan fingerprint density at radius 2 is 1.82 bits per heavy atom. The summed E-state index contributed by atoms with van der Waals surface area (Å²) in [4.78, 5) is 11.7. The summed E-state index contributed by atoms with van der Waals surface area (Å²) in [6, 6.07) is 6.70. The molecule has 118 valence electrons. The molecule has 0 aliphatic carbocycles. The number of anilines is 1. The van der Waals surface area contributed by atoms with Crippen molar-refractivity contribution in [3.63, 3.8) is 0 Å². The van der Waals surface area contributed by atoms with E-state index in [-0.39, 0.29) is 16.0 Å². The molecule has 0 spiro atoms. The Kier molecular flexibility index (Phi) is 5.30. The summed E-state index contributed by atoms with van der Waals surface area (Å²) >= 11 is 0. The first kappa shape index (κ1) is 17.7. The van der Waals surface area contributed by atoms with Gasteiger partial charge in [0.1, 0.15) is 11.6 Å². The predicted molar refractivity (Wildman–Crippen MR) is 81.5 cm³/mol. The van der Waals surface area contributed by atoms with Gasteiger partial charge in [0.15, 0.2) is 0 Å². The quantitative estimate of drug-likeness (QED) is 0.440. The fourth-order valence-electron chi connectivity index (χ4n) is 1.35. The van der Waals surface area contributed by atoms with E-state index >= 15 is 0 Å². The van der Waals surface area contributed by atoms with Crippen LogP contribution in [0.5, 0.6) is 0 Å². The predicted octanol–water partition coefficient (Wildman–Crippen LogP) is 1.67. The Morgan fingerprint density at radius 1 is 1.27 bits per heavy atom. The van der Waals surface area contributed by atoms with Crippen LogP contribution in [-0.4, -0.2) is 24.4 Å². The van der Waals surface area contributed by atoms with Gasteiger partial charge < -0.3 is 10.6 Å². The second-order valence-corrected chi connectivity index (χ2v) is 6.94. The highest BCUT2D eigenvalue weighted by molar-refractivity contribution is 7.85. The van der Waals surface area contributed by atoms with Crippen LogP contribution in [-0.2, 0) is 14.9 Å². The molecule has 1 aromatic carbocycles. The summed E-state index contributed by atoms with van der Waals surface area (Å²) in [6.07, 6.45) is 1.32. The van der Waals surface area contributed by atoms with Gasteiger partial charge in [-0.2, -0.15) is 13.7 Å². The van der Waals surface area contributed by atoms with E-state index in [1.165, 1.54) is 18.3 Å². The number of nitriles is 1. The second-order valence-electron chi connectivity index (χ2n) is 5.52. The first-order chi connectivity index (χ1) is 10.0. The van der Waals surface area contributed by atoms with Gasteiger partial charge in [-0.1, -0.05) is 0 Å². The van der Waals surface area contributed by atoms with Gasteiger partial charge in [-0.25, -0.2) is 0 Å². The molecule has 0 saturated heterocycles. The molecule has 1 rings (SSSR count). The lowest BCUT2D eigenvalue weighted by Gasteiger charge is -2.18. The third-order valence-corrected chi connectivity index (χ3v) is 3.29. The van der Waals surface area contributed by atoms with Crippen molar-refractivity contribution < 1.29 is 17.8 Å². The average molecular weight is 323 g/mol. The van der Waals surface area contributed by atoms with Crippen molar-refractivity contribution in [3.8, 4) is 6.07 Å². The molecule has 3 N–H and O–H groups in total. The molecule has 0 radical (unpaired) electrons. The van der Waals surface area contributed by atoms with E-state index in [9.17, 15) is 13.2 Å². The molecule has 0 bridgehead atoms. The third-order valence-electron chi connectivity index (χ3n) is 2.42. The van der Waals surface area contributed by atoms with E-state index < -0.39 is 16.0 Å². The number of carbonyl (C=O) groups is 1. The molecule has 0 aromatic heterocycles. The maximum atomic E-state index is 11.9. The molecule has 22 heavy (non-hydrogen) atoms. The Balaban J connectivity index is 2.86. The number of rotatable bonds is 4. The number of hydrogen-bond acceptors (Lipinski definition) is 5. The molecule has 1 aromatic rings.